The van der Waals surface area contributed by atoms with Gasteiger partial charge in [-0.1, -0.05) is 69.7 Å². The minimum absolute atomic E-state index is 0.325. The van der Waals surface area contributed by atoms with Crippen molar-refractivity contribution in [2.45, 2.75) is 96.0 Å². The van der Waals surface area contributed by atoms with E-state index in [9.17, 15) is 29.0 Å². The topological polar surface area (TPSA) is 113 Å². The summed E-state index contributed by atoms with van der Waals surface area (Å²) in [5.74, 6) is -2.92. The SMILES string of the molecule is [CH][C@@](O)(C(=O)O)[C@H](/C=C/CCCCCCC(=O)CCCCCCC)C(=O)N[CH]Cc1ccc(Oc2ccc(F)cc2)cc1. The van der Waals surface area contributed by atoms with Crippen molar-refractivity contribution in [2.24, 2.45) is 5.92 Å². The third-order valence-corrected chi connectivity index (χ3v) is 7.12. The number of unbranched alkanes of at least 4 members (excludes halogenated alkanes) is 8. The highest BCUT2D eigenvalue weighted by Crippen LogP contribution is 2.23. The molecule has 0 aliphatic rings. The highest BCUT2D eigenvalue weighted by Gasteiger charge is 2.42. The summed E-state index contributed by atoms with van der Waals surface area (Å²) < 4.78 is 18.7. The Morgan fingerprint density at radius 2 is 1.47 bits per heavy atom. The van der Waals surface area contributed by atoms with Crippen LogP contribution in [-0.2, 0) is 20.8 Å². The van der Waals surface area contributed by atoms with Gasteiger partial charge in [0.25, 0.3) is 0 Å². The van der Waals surface area contributed by atoms with Gasteiger partial charge in [-0.25, -0.2) is 9.18 Å². The lowest BCUT2D eigenvalue weighted by molar-refractivity contribution is -0.160. The van der Waals surface area contributed by atoms with Crippen LogP contribution in [0, 0.1) is 25.2 Å². The third kappa shape index (κ3) is 14.0. The van der Waals surface area contributed by atoms with Crippen LogP contribution in [0.3, 0.4) is 0 Å². The monoisotopic (exact) mass is 594 g/mol. The molecule has 0 bridgehead atoms. The van der Waals surface area contributed by atoms with Gasteiger partial charge in [0.2, 0.25) is 5.91 Å². The summed E-state index contributed by atoms with van der Waals surface area (Å²) in [6, 6.07) is 12.7. The summed E-state index contributed by atoms with van der Waals surface area (Å²) in [6.07, 6.45) is 14.4. The minimum atomic E-state index is -2.77. The molecule has 0 aromatic heterocycles. The Balaban J connectivity index is 1.73. The van der Waals surface area contributed by atoms with Gasteiger partial charge in [-0.05, 0) is 74.1 Å². The first-order valence-electron chi connectivity index (χ1n) is 15.2. The van der Waals surface area contributed by atoms with Crippen LogP contribution in [0.1, 0.15) is 89.5 Å². The number of halogens is 1. The smallest absolute Gasteiger partial charge is 0.337 e. The maximum absolute atomic E-state index is 13.1. The van der Waals surface area contributed by atoms with Gasteiger partial charge in [0, 0.05) is 19.8 Å². The molecule has 2 aromatic carbocycles. The largest absolute Gasteiger partial charge is 0.479 e. The molecule has 1 amide bonds. The number of amides is 1. The van der Waals surface area contributed by atoms with Crippen molar-refractivity contribution in [3.8, 4) is 11.5 Å². The van der Waals surface area contributed by atoms with Gasteiger partial charge in [-0.2, -0.15) is 0 Å². The maximum Gasteiger partial charge on any atom is 0.337 e. The average Bonchev–Trinajstić information content (AvgIpc) is 2.98. The maximum atomic E-state index is 13.1. The van der Waals surface area contributed by atoms with Crippen molar-refractivity contribution in [3.63, 3.8) is 0 Å². The standard InChI is InChI=1S/C35H45FNO6/c1-3-4-5-8-11-14-29(38)15-12-9-6-7-10-13-16-32(35(2,42)34(40)41)33(39)37-26-25-27-17-21-30(22-18-27)43-31-23-19-28(36)20-24-31/h2,13,16-24,26,32,42H,3-12,14-15,25H2,1H3,(H,37,39)(H,40,41)/b16-13+/t32-,35+/m1/s1. The summed E-state index contributed by atoms with van der Waals surface area (Å²) in [5.41, 5.74) is -1.93. The number of hydrogen-bond donors (Lipinski definition) is 3. The molecule has 0 fully saturated rings. The Hall–Kier alpha value is -3.52. The highest BCUT2D eigenvalue weighted by molar-refractivity contribution is 5.91. The van der Waals surface area contributed by atoms with Crippen molar-refractivity contribution < 1.29 is 33.7 Å². The molecular formula is C35H45FNO6. The predicted molar refractivity (Wildman–Crippen MR) is 165 cm³/mol. The van der Waals surface area contributed by atoms with E-state index in [0.717, 1.165) is 44.1 Å². The molecule has 2 atom stereocenters. The second-order valence-corrected chi connectivity index (χ2v) is 10.8. The number of carboxylic acids is 1. The van der Waals surface area contributed by atoms with Gasteiger partial charge >= 0.3 is 5.97 Å². The van der Waals surface area contributed by atoms with Gasteiger partial charge < -0.3 is 20.3 Å². The van der Waals surface area contributed by atoms with Crippen LogP contribution in [0.2, 0.25) is 0 Å². The van der Waals surface area contributed by atoms with Crippen LogP contribution in [0.4, 0.5) is 4.39 Å². The Morgan fingerprint density at radius 1 is 0.907 bits per heavy atom. The Labute approximate surface area is 255 Å². The van der Waals surface area contributed by atoms with E-state index in [0.29, 0.717) is 43.0 Å². The van der Waals surface area contributed by atoms with Gasteiger partial charge in [0.15, 0.2) is 5.60 Å². The van der Waals surface area contributed by atoms with Crippen molar-refractivity contribution in [2.75, 3.05) is 0 Å². The van der Waals surface area contributed by atoms with E-state index >= 15 is 0 Å². The van der Waals surface area contributed by atoms with E-state index in [1.807, 2.05) is 0 Å². The van der Waals surface area contributed by atoms with E-state index in [2.05, 4.69) is 12.2 Å². The zero-order chi connectivity index (χ0) is 31.5. The third-order valence-electron chi connectivity index (χ3n) is 7.12. The fraction of sp³-hybridized carbons (Fsp3) is 0.457. The van der Waals surface area contributed by atoms with Crippen molar-refractivity contribution in [1.29, 1.82) is 0 Å². The van der Waals surface area contributed by atoms with Crippen molar-refractivity contribution in [3.05, 3.63) is 85.5 Å². The molecule has 8 heteroatoms. The second kappa shape index (κ2) is 19.6. The molecule has 233 valence electrons. The van der Waals surface area contributed by atoms with E-state index in [-0.39, 0.29) is 5.82 Å². The number of aliphatic carboxylic acids is 1. The number of ketones is 1. The number of benzene rings is 2. The van der Waals surface area contributed by atoms with Gasteiger partial charge in [0.05, 0.1) is 12.5 Å². The average molecular weight is 595 g/mol. The van der Waals surface area contributed by atoms with Crippen molar-refractivity contribution in [1.82, 2.24) is 5.32 Å². The number of hydrogen-bond acceptors (Lipinski definition) is 5. The molecule has 2 rings (SSSR count). The summed E-state index contributed by atoms with van der Waals surface area (Å²) >= 11 is 0. The number of allylic oxidation sites excluding steroid dienone is 1. The molecule has 0 heterocycles. The number of ether oxygens (including phenoxy) is 1. The first-order valence-corrected chi connectivity index (χ1v) is 15.2. The lowest BCUT2D eigenvalue weighted by Crippen LogP contribution is -2.49. The molecule has 0 spiro atoms. The molecule has 7 nitrogen and oxygen atoms in total. The van der Waals surface area contributed by atoms with Crippen LogP contribution in [-0.4, -0.2) is 33.5 Å². The van der Waals surface area contributed by atoms with Crippen LogP contribution in [0.5, 0.6) is 11.5 Å². The number of carboxylic acid groups (broad SMARTS) is 1. The van der Waals surface area contributed by atoms with Crippen LogP contribution in [0.25, 0.3) is 0 Å². The molecule has 0 unspecified atom stereocenters. The number of rotatable bonds is 22. The highest BCUT2D eigenvalue weighted by atomic mass is 19.1. The Kier molecular flexibility index (Phi) is 16.3. The molecule has 0 saturated heterocycles. The van der Waals surface area contributed by atoms with Crippen LogP contribution < -0.4 is 10.1 Å². The summed E-state index contributed by atoms with van der Waals surface area (Å²) in [4.78, 5) is 36.3. The first-order chi connectivity index (χ1) is 20.6. The molecule has 0 aliphatic carbocycles. The zero-order valence-electron chi connectivity index (χ0n) is 25.1. The van der Waals surface area contributed by atoms with E-state index in [1.54, 1.807) is 30.3 Å². The molecule has 2 aromatic rings. The number of carbonyl (C=O) groups is 3. The summed E-state index contributed by atoms with van der Waals surface area (Å²) in [7, 11) is 0. The number of aliphatic hydroxyl groups is 1. The van der Waals surface area contributed by atoms with E-state index in [4.69, 9.17) is 11.7 Å². The Morgan fingerprint density at radius 3 is 2.05 bits per heavy atom. The molecule has 3 radical (unpaired) electrons. The Bertz CT molecular complexity index is 1140. The number of carbonyl (C=O) groups excluding carboxylic acids is 2. The quantitative estimate of drug-likeness (QED) is 0.0967. The number of Topliss-reactive ketones (excluding diaryl/α,β-unsaturated/α-hetero) is 1. The minimum Gasteiger partial charge on any atom is -0.479 e. The van der Waals surface area contributed by atoms with Crippen LogP contribution in [0.15, 0.2) is 60.7 Å². The van der Waals surface area contributed by atoms with Crippen molar-refractivity contribution >= 4 is 17.7 Å². The van der Waals surface area contributed by atoms with E-state index in [1.165, 1.54) is 56.1 Å². The normalized spacial score (nSPS) is 13.4. The lowest BCUT2D eigenvalue weighted by atomic mass is 9.87. The van der Waals surface area contributed by atoms with Gasteiger partial charge in [0.1, 0.15) is 23.1 Å². The van der Waals surface area contributed by atoms with E-state index < -0.39 is 23.4 Å². The molecule has 3 N–H and O–H groups in total. The molecular weight excluding hydrogens is 549 g/mol. The van der Waals surface area contributed by atoms with Gasteiger partial charge in [-0.15, -0.1) is 0 Å². The first kappa shape index (κ1) is 35.7. The molecule has 43 heavy (non-hydrogen) atoms. The number of nitrogens with one attached hydrogen (secondary N) is 1. The predicted octanol–water partition coefficient (Wildman–Crippen LogP) is 7.41. The zero-order valence-corrected chi connectivity index (χ0v) is 25.1. The van der Waals surface area contributed by atoms with Crippen LogP contribution >= 0.6 is 0 Å². The fourth-order valence-corrected chi connectivity index (χ4v) is 4.48. The fourth-order valence-electron chi connectivity index (χ4n) is 4.48. The molecule has 0 aliphatic heterocycles. The van der Waals surface area contributed by atoms with Gasteiger partial charge in [-0.3, -0.25) is 9.59 Å². The summed E-state index contributed by atoms with van der Waals surface area (Å²) in [6.45, 7) is 9.24. The second-order valence-electron chi connectivity index (χ2n) is 10.8. The summed E-state index contributed by atoms with van der Waals surface area (Å²) in [5, 5.41) is 22.2. The molecule has 0 saturated carbocycles. The lowest BCUT2D eigenvalue weighted by Gasteiger charge is -2.25.